The van der Waals surface area contributed by atoms with Gasteiger partial charge in [-0.1, -0.05) is 0 Å². The van der Waals surface area contributed by atoms with Gasteiger partial charge in [0.15, 0.2) is 0 Å². The number of esters is 4. The summed E-state index contributed by atoms with van der Waals surface area (Å²) < 4.78 is 18.2. The molecule has 0 spiro atoms. The van der Waals surface area contributed by atoms with Crippen LogP contribution in [0.3, 0.4) is 0 Å². The van der Waals surface area contributed by atoms with Gasteiger partial charge in [0, 0.05) is 13.1 Å². The number of rotatable bonds is 11. The lowest BCUT2D eigenvalue weighted by Gasteiger charge is -2.18. The predicted octanol–water partition coefficient (Wildman–Crippen LogP) is -1.62. The van der Waals surface area contributed by atoms with Crippen LogP contribution in [-0.4, -0.2) is 77.5 Å². The molecule has 0 aliphatic rings. The Labute approximate surface area is 140 Å². The monoisotopic (exact) mass is 348 g/mol. The molecule has 0 bridgehead atoms. The lowest BCUT2D eigenvalue weighted by atomic mass is 10.2. The number of carbonyl (C=O) groups excluding carboxylic acids is 4. The van der Waals surface area contributed by atoms with Crippen LogP contribution in [0.4, 0.5) is 0 Å². The number of nitrogens with one attached hydrogen (secondary N) is 2. The van der Waals surface area contributed by atoms with Crippen molar-refractivity contribution < 1.29 is 38.1 Å². The summed E-state index contributed by atoms with van der Waals surface area (Å²) in [4.78, 5) is 45.7. The molecule has 0 aliphatic heterocycles. The third-order valence-electron chi connectivity index (χ3n) is 3.07. The molecule has 24 heavy (non-hydrogen) atoms. The summed E-state index contributed by atoms with van der Waals surface area (Å²) in [5.74, 6) is -2.35. The van der Waals surface area contributed by atoms with Crippen LogP contribution in [0.15, 0.2) is 0 Å². The van der Waals surface area contributed by atoms with E-state index >= 15 is 0 Å². The van der Waals surface area contributed by atoms with Gasteiger partial charge in [0.05, 0.1) is 41.3 Å². The van der Waals surface area contributed by atoms with E-state index in [9.17, 15) is 19.2 Å². The van der Waals surface area contributed by atoms with Crippen molar-refractivity contribution in [2.24, 2.45) is 0 Å². The highest BCUT2D eigenvalue weighted by molar-refractivity contribution is 5.83. The van der Waals surface area contributed by atoms with Crippen LogP contribution in [-0.2, 0) is 38.1 Å². The second-order valence-electron chi connectivity index (χ2n) is 4.62. The molecule has 0 aliphatic carbocycles. The molecule has 0 unspecified atom stereocenters. The third-order valence-corrected chi connectivity index (χ3v) is 3.07. The Morgan fingerprint density at radius 3 is 1.25 bits per heavy atom. The van der Waals surface area contributed by atoms with E-state index in [-0.39, 0.29) is 25.9 Å². The smallest absolute Gasteiger partial charge is 0.323 e. The molecule has 2 atom stereocenters. The molecule has 0 saturated carbocycles. The van der Waals surface area contributed by atoms with Gasteiger partial charge in [-0.2, -0.15) is 0 Å². The molecule has 0 amide bonds. The minimum Gasteiger partial charge on any atom is -0.469 e. The summed E-state index contributed by atoms with van der Waals surface area (Å²) >= 11 is 0. The van der Waals surface area contributed by atoms with E-state index in [0.29, 0.717) is 0 Å². The van der Waals surface area contributed by atoms with Gasteiger partial charge in [-0.15, -0.1) is 0 Å². The molecule has 10 heteroatoms. The zero-order valence-electron chi connectivity index (χ0n) is 14.2. The summed E-state index contributed by atoms with van der Waals surface area (Å²) in [6.45, 7) is 0.455. The van der Waals surface area contributed by atoms with Gasteiger partial charge < -0.3 is 29.6 Å². The first-order chi connectivity index (χ1) is 11.4. The number of carbonyl (C=O) groups is 4. The summed E-state index contributed by atoms with van der Waals surface area (Å²) in [6, 6.07) is -1.75. The third kappa shape index (κ3) is 8.44. The molecular weight excluding hydrogens is 324 g/mol. The second kappa shape index (κ2) is 12.3. The normalized spacial score (nSPS) is 12.7. The molecular formula is C14H24N2O8. The van der Waals surface area contributed by atoms with Crippen molar-refractivity contribution in [3.8, 4) is 0 Å². The topological polar surface area (TPSA) is 129 Å². The van der Waals surface area contributed by atoms with Gasteiger partial charge in [-0.3, -0.25) is 19.2 Å². The highest BCUT2D eigenvalue weighted by atomic mass is 16.5. The number of ether oxygens (including phenoxy) is 4. The predicted molar refractivity (Wildman–Crippen MR) is 80.9 cm³/mol. The van der Waals surface area contributed by atoms with Crippen LogP contribution in [0.5, 0.6) is 0 Å². The lowest BCUT2D eigenvalue weighted by molar-refractivity contribution is -0.150. The van der Waals surface area contributed by atoms with Crippen LogP contribution in [0, 0.1) is 0 Å². The molecule has 0 saturated heterocycles. The van der Waals surface area contributed by atoms with Crippen molar-refractivity contribution in [1.29, 1.82) is 0 Å². The fourth-order valence-corrected chi connectivity index (χ4v) is 1.75. The Bertz CT molecular complexity index is 400. The zero-order valence-corrected chi connectivity index (χ0v) is 14.2. The SMILES string of the molecule is COC(=O)C[C@H](NCCN[C@@H](CC(=O)OC)C(=O)OC)C(=O)OC. The first-order valence-corrected chi connectivity index (χ1v) is 7.15. The summed E-state index contributed by atoms with van der Waals surface area (Å²) in [5.41, 5.74) is 0. The molecule has 0 aromatic carbocycles. The Morgan fingerprint density at radius 1 is 0.667 bits per heavy atom. The molecule has 0 fully saturated rings. The lowest BCUT2D eigenvalue weighted by Crippen LogP contribution is -2.46. The fraction of sp³-hybridized carbons (Fsp3) is 0.714. The quantitative estimate of drug-likeness (QED) is 0.255. The molecule has 0 aromatic rings. The van der Waals surface area contributed by atoms with Gasteiger partial charge in [-0.05, 0) is 0 Å². The number of hydrogen-bond donors (Lipinski definition) is 2. The molecule has 10 nitrogen and oxygen atoms in total. The van der Waals surface area contributed by atoms with Crippen LogP contribution >= 0.6 is 0 Å². The minimum absolute atomic E-state index is 0.189. The molecule has 0 rings (SSSR count). The van der Waals surface area contributed by atoms with Crippen molar-refractivity contribution >= 4 is 23.9 Å². The van der Waals surface area contributed by atoms with E-state index in [2.05, 4.69) is 29.6 Å². The molecule has 0 radical (unpaired) electrons. The second-order valence-corrected chi connectivity index (χ2v) is 4.62. The molecule has 2 N–H and O–H groups in total. The van der Waals surface area contributed by atoms with Gasteiger partial charge >= 0.3 is 23.9 Å². The first kappa shape index (κ1) is 21.8. The summed E-state index contributed by atoms with van der Waals surface area (Å²) in [7, 11) is 4.84. The Morgan fingerprint density at radius 2 is 1.00 bits per heavy atom. The maximum atomic E-state index is 11.6. The van der Waals surface area contributed by atoms with Gasteiger partial charge in [0.25, 0.3) is 0 Å². The Hall–Kier alpha value is -2.20. The molecule has 0 heterocycles. The van der Waals surface area contributed by atoms with Crippen LogP contribution < -0.4 is 10.6 Å². The van der Waals surface area contributed by atoms with Crippen LogP contribution in [0.1, 0.15) is 12.8 Å². The van der Waals surface area contributed by atoms with E-state index in [1.165, 1.54) is 28.4 Å². The molecule has 0 aromatic heterocycles. The first-order valence-electron chi connectivity index (χ1n) is 7.15. The van der Waals surface area contributed by atoms with Crippen molar-refractivity contribution in [3.05, 3.63) is 0 Å². The summed E-state index contributed by atoms with van der Waals surface area (Å²) in [6.07, 6.45) is -0.377. The van der Waals surface area contributed by atoms with Gasteiger partial charge in [-0.25, -0.2) is 0 Å². The number of hydrogen-bond acceptors (Lipinski definition) is 10. The zero-order chi connectivity index (χ0) is 18.5. The van der Waals surface area contributed by atoms with Crippen molar-refractivity contribution in [3.63, 3.8) is 0 Å². The van der Waals surface area contributed by atoms with Crippen molar-refractivity contribution in [1.82, 2.24) is 10.6 Å². The fourth-order valence-electron chi connectivity index (χ4n) is 1.75. The average Bonchev–Trinajstić information content (AvgIpc) is 2.60. The molecule has 138 valence electrons. The average molecular weight is 348 g/mol. The van der Waals surface area contributed by atoms with E-state index in [0.717, 1.165) is 0 Å². The summed E-state index contributed by atoms with van der Waals surface area (Å²) in [5, 5.41) is 5.62. The van der Waals surface area contributed by atoms with Gasteiger partial charge in [0.1, 0.15) is 12.1 Å². The Balaban J connectivity index is 4.45. The largest absolute Gasteiger partial charge is 0.469 e. The van der Waals surface area contributed by atoms with Crippen molar-refractivity contribution in [2.45, 2.75) is 24.9 Å². The number of methoxy groups -OCH3 is 4. The Kier molecular flexibility index (Phi) is 11.1. The minimum atomic E-state index is -0.874. The van der Waals surface area contributed by atoms with E-state index in [4.69, 9.17) is 0 Å². The van der Waals surface area contributed by atoms with E-state index in [1.54, 1.807) is 0 Å². The van der Waals surface area contributed by atoms with Gasteiger partial charge in [0.2, 0.25) is 0 Å². The highest BCUT2D eigenvalue weighted by Gasteiger charge is 2.24. The van der Waals surface area contributed by atoms with E-state index < -0.39 is 36.0 Å². The van der Waals surface area contributed by atoms with E-state index in [1.807, 2.05) is 0 Å². The van der Waals surface area contributed by atoms with Crippen LogP contribution in [0.2, 0.25) is 0 Å². The van der Waals surface area contributed by atoms with Crippen molar-refractivity contribution in [2.75, 3.05) is 41.5 Å². The highest BCUT2D eigenvalue weighted by Crippen LogP contribution is 1.99. The standard InChI is InChI=1S/C14H24N2O8/c1-21-11(17)7-9(13(19)23-3)15-5-6-16-10(14(20)24-4)8-12(18)22-2/h9-10,15-16H,5-8H2,1-4H3/t9-,10-/m0/s1. The van der Waals surface area contributed by atoms with Crippen LogP contribution in [0.25, 0.3) is 0 Å². The maximum absolute atomic E-state index is 11.6. The maximum Gasteiger partial charge on any atom is 0.323 e.